The van der Waals surface area contributed by atoms with Gasteiger partial charge in [-0.15, -0.1) is 11.3 Å². The largest absolute Gasteiger partial charge is 0.361 e. The van der Waals surface area contributed by atoms with Gasteiger partial charge in [-0.2, -0.15) is 0 Å². The zero-order valence-electron chi connectivity index (χ0n) is 11.8. The van der Waals surface area contributed by atoms with Crippen LogP contribution in [-0.2, 0) is 17.8 Å². The zero-order chi connectivity index (χ0) is 14.7. The van der Waals surface area contributed by atoms with Crippen molar-refractivity contribution >= 4 is 28.8 Å². The van der Waals surface area contributed by atoms with Gasteiger partial charge in [0.15, 0.2) is 0 Å². The number of nitrogens with zero attached hydrogens (tertiary/aromatic N) is 2. The number of halogens is 1. The first kappa shape index (κ1) is 15.1. The van der Waals surface area contributed by atoms with Gasteiger partial charge in [-0.1, -0.05) is 16.8 Å². The van der Waals surface area contributed by atoms with Crippen LogP contribution in [0.1, 0.15) is 28.3 Å². The maximum absolute atomic E-state index is 12.1. The summed E-state index contributed by atoms with van der Waals surface area (Å²) in [5.74, 6) is 0.900. The van der Waals surface area contributed by atoms with E-state index in [9.17, 15) is 4.79 Å². The summed E-state index contributed by atoms with van der Waals surface area (Å²) in [6.45, 7) is 4.36. The predicted octanol–water partition coefficient (Wildman–Crippen LogP) is 3.60. The van der Waals surface area contributed by atoms with Crippen molar-refractivity contribution in [1.82, 2.24) is 10.1 Å². The number of thiophene rings is 1. The van der Waals surface area contributed by atoms with E-state index in [1.54, 1.807) is 4.90 Å². The van der Waals surface area contributed by atoms with Crippen LogP contribution in [0.25, 0.3) is 0 Å². The average Bonchev–Trinajstić information content (AvgIpc) is 2.94. The maximum Gasteiger partial charge on any atom is 0.222 e. The summed E-state index contributed by atoms with van der Waals surface area (Å²) in [5.41, 5.74) is 1.90. The first-order valence-electron chi connectivity index (χ1n) is 6.37. The van der Waals surface area contributed by atoms with Crippen molar-refractivity contribution in [2.24, 2.45) is 0 Å². The molecule has 0 saturated heterocycles. The second kappa shape index (κ2) is 6.41. The van der Waals surface area contributed by atoms with Crippen LogP contribution in [0.5, 0.6) is 0 Å². The van der Waals surface area contributed by atoms with Crippen LogP contribution in [0.3, 0.4) is 0 Å². The van der Waals surface area contributed by atoms with Crippen LogP contribution in [0.4, 0.5) is 0 Å². The molecule has 0 spiro atoms. The summed E-state index contributed by atoms with van der Waals surface area (Å²) < 4.78 is 5.85. The van der Waals surface area contributed by atoms with E-state index in [0.29, 0.717) is 19.4 Å². The van der Waals surface area contributed by atoms with E-state index < -0.39 is 0 Å². The molecular weight excluding hydrogens is 296 g/mol. The third-order valence-corrected chi connectivity index (χ3v) is 4.43. The van der Waals surface area contributed by atoms with Crippen LogP contribution >= 0.6 is 22.9 Å². The van der Waals surface area contributed by atoms with E-state index in [4.69, 9.17) is 16.1 Å². The molecule has 108 valence electrons. The SMILES string of the molecule is Cc1noc(C)c1CCC(=O)N(C)Cc1ccc(Cl)s1. The van der Waals surface area contributed by atoms with E-state index in [-0.39, 0.29) is 5.91 Å². The van der Waals surface area contributed by atoms with Crippen LogP contribution < -0.4 is 0 Å². The molecule has 20 heavy (non-hydrogen) atoms. The Hall–Kier alpha value is -1.33. The number of rotatable bonds is 5. The van der Waals surface area contributed by atoms with E-state index in [2.05, 4.69) is 5.16 Å². The van der Waals surface area contributed by atoms with Gasteiger partial charge in [0.05, 0.1) is 16.6 Å². The molecule has 0 unspecified atom stereocenters. The minimum absolute atomic E-state index is 0.106. The van der Waals surface area contributed by atoms with Gasteiger partial charge >= 0.3 is 0 Å². The molecule has 0 aliphatic carbocycles. The molecule has 0 aliphatic heterocycles. The van der Waals surface area contributed by atoms with E-state index in [1.807, 2.05) is 33.0 Å². The number of hydrogen-bond donors (Lipinski definition) is 0. The number of aromatic nitrogens is 1. The highest BCUT2D eigenvalue weighted by atomic mass is 35.5. The van der Waals surface area contributed by atoms with Crippen molar-refractivity contribution in [3.05, 3.63) is 38.4 Å². The van der Waals surface area contributed by atoms with Crippen LogP contribution in [0, 0.1) is 13.8 Å². The molecule has 2 rings (SSSR count). The molecule has 4 nitrogen and oxygen atoms in total. The number of amides is 1. The second-order valence-electron chi connectivity index (χ2n) is 4.76. The van der Waals surface area contributed by atoms with Crippen LogP contribution in [0.2, 0.25) is 4.34 Å². The molecule has 1 amide bonds. The van der Waals surface area contributed by atoms with Gasteiger partial charge in [0.2, 0.25) is 5.91 Å². The van der Waals surface area contributed by atoms with Crippen molar-refractivity contribution in [3.63, 3.8) is 0 Å². The molecule has 0 N–H and O–H groups in total. The smallest absolute Gasteiger partial charge is 0.222 e. The van der Waals surface area contributed by atoms with Crippen molar-refractivity contribution in [1.29, 1.82) is 0 Å². The Morgan fingerprint density at radius 3 is 2.75 bits per heavy atom. The van der Waals surface area contributed by atoms with Gasteiger partial charge in [-0.3, -0.25) is 4.79 Å². The minimum atomic E-state index is 0.106. The lowest BCUT2D eigenvalue weighted by atomic mass is 10.1. The highest BCUT2D eigenvalue weighted by Crippen LogP contribution is 2.22. The molecule has 0 fully saturated rings. The maximum atomic E-state index is 12.1. The van der Waals surface area contributed by atoms with Crippen LogP contribution in [0.15, 0.2) is 16.7 Å². The Balaban J connectivity index is 1.88. The van der Waals surface area contributed by atoms with Gasteiger partial charge in [0.25, 0.3) is 0 Å². The topological polar surface area (TPSA) is 46.3 Å². The lowest BCUT2D eigenvalue weighted by Crippen LogP contribution is -2.26. The Kier molecular flexibility index (Phi) is 4.83. The molecule has 0 radical (unpaired) electrons. The Bertz CT molecular complexity index is 587. The lowest BCUT2D eigenvalue weighted by molar-refractivity contribution is -0.130. The molecule has 0 bridgehead atoms. The summed E-state index contributed by atoms with van der Waals surface area (Å²) in [6.07, 6.45) is 1.12. The van der Waals surface area contributed by atoms with Gasteiger partial charge in [-0.05, 0) is 32.4 Å². The predicted molar refractivity (Wildman–Crippen MR) is 80.1 cm³/mol. The van der Waals surface area contributed by atoms with Crippen molar-refractivity contribution in [2.75, 3.05) is 7.05 Å². The minimum Gasteiger partial charge on any atom is -0.361 e. The summed E-state index contributed by atoms with van der Waals surface area (Å²) >= 11 is 7.39. The molecule has 0 aliphatic rings. The number of carbonyl (C=O) groups is 1. The highest BCUT2D eigenvalue weighted by molar-refractivity contribution is 7.16. The highest BCUT2D eigenvalue weighted by Gasteiger charge is 2.14. The quantitative estimate of drug-likeness (QED) is 0.847. The van der Waals surface area contributed by atoms with Gasteiger partial charge in [-0.25, -0.2) is 0 Å². The summed E-state index contributed by atoms with van der Waals surface area (Å²) in [4.78, 5) is 14.9. The van der Waals surface area contributed by atoms with E-state index >= 15 is 0 Å². The average molecular weight is 313 g/mol. The summed E-state index contributed by atoms with van der Waals surface area (Å²) in [7, 11) is 1.81. The number of carbonyl (C=O) groups excluding carboxylic acids is 1. The van der Waals surface area contributed by atoms with Crippen molar-refractivity contribution < 1.29 is 9.32 Å². The second-order valence-corrected chi connectivity index (χ2v) is 6.56. The molecule has 6 heteroatoms. The van der Waals surface area contributed by atoms with Gasteiger partial charge < -0.3 is 9.42 Å². The first-order chi connectivity index (χ1) is 9.47. The van der Waals surface area contributed by atoms with Gasteiger partial charge in [0, 0.05) is 23.9 Å². The van der Waals surface area contributed by atoms with E-state index in [1.165, 1.54) is 11.3 Å². The molecule has 0 aromatic carbocycles. The fourth-order valence-corrected chi connectivity index (χ4v) is 3.18. The third-order valence-electron chi connectivity index (χ3n) is 3.22. The fourth-order valence-electron chi connectivity index (χ4n) is 2.04. The first-order valence-corrected chi connectivity index (χ1v) is 7.56. The van der Waals surface area contributed by atoms with Crippen LogP contribution in [-0.4, -0.2) is 23.0 Å². The summed E-state index contributed by atoms with van der Waals surface area (Å²) in [6, 6.07) is 3.80. The van der Waals surface area contributed by atoms with Crippen molar-refractivity contribution in [2.45, 2.75) is 33.2 Å². The number of hydrogen-bond acceptors (Lipinski definition) is 4. The van der Waals surface area contributed by atoms with Crippen molar-refractivity contribution in [3.8, 4) is 0 Å². The standard InChI is InChI=1S/C14H17ClN2O2S/c1-9-12(10(2)19-16-9)5-7-14(18)17(3)8-11-4-6-13(15)20-11/h4,6H,5,7-8H2,1-3H3. The van der Waals surface area contributed by atoms with E-state index in [0.717, 1.165) is 26.2 Å². The molecule has 0 saturated carbocycles. The molecule has 0 atom stereocenters. The Morgan fingerprint density at radius 2 is 2.20 bits per heavy atom. The Morgan fingerprint density at radius 1 is 1.45 bits per heavy atom. The third kappa shape index (κ3) is 3.61. The molecule has 2 heterocycles. The monoisotopic (exact) mass is 312 g/mol. The fraction of sp³-hybridized carbons (Fsp3) is 0.429. The Labute approximate surface area is 127 Å². The van der Waals surface area contributed by atoms with Gasteiger partial charge in [0.1, 0.15) is 5.76 Å². The normalized spacial score (nSPS) is 10.8. The molecule has 2 aromatic rings. The zero-order valence-corrected chi connectivity index (χ0v) is 13.3. The summed E-state index contributed by atoms with van der Waals surface area (Å²) in [5, 5.41) is 3.90. The molecular formula is C14H17ClN2O2S. The lowest BCUT2D eigenvalue weighted by Gasteiger charge is -2.16. The molecule has 2 aromatic heterocycles. The number of aryl methyl sites for hydroxylation is 2.